The molecule has 0 fully saturated rings. The zero-order valence-electron chi connectivity index (χ0n) is 9.60. The summed E-state index contributed by atoms with van der Waals surface area (Å²) >= 11 is 2.29. The van der Waals surface area contributed by atoms with Gasteiger partial charge >= 0.3 is 0 Å². The average molecular weight is 339 g/mol. The van der Waals surface area contributed by atoms with Gasteiger partial charge in [0.2, 0.25) is 0 Å². The number of hydrogen-bond donors (Lipinski definition) is 1. The Balaban J connectivity index is 2.08. The molecule has 0 aliphatic rings. The number of nitrogens with zero attached hydrogens (tertiary/aromatic N) is 2. The number of halogens is 1. The molecule has 1 heterocycles. The number of aryl methyl sites for hydroxylation is 1. The molecule has 0 radical (unpaired) electrons. The van der Waals surface area contributed by atoms with Crippen molar-refractivity contribution in [1.82, 2.24) is 9.97 Å². The third-order valence-corrected chi connectivity index (χ3v) is 3.27. The summed E-state index contributed by atoms with van der Waals surface area (Å²) in [7, 11) is 0. The fourth-order valence-corrected chi connectivity index (χ4v) is 1.93. The molecule has 2 rings (SSSR count). The SMILES string of the molecule is Cc1cnc(C(N)Cc2ccc(I)cc2)cn1. The van der Waals surface area contributed by atoms with Crippen molar-refractivity contribution in [2.24, 2.45) is 5.73 Å². The summed E-state index contributed by atoms with van der Waals surface area (Å²) in [6.45, 7) is 1.92. The average Bonchev–Trinajstić information content (AvgIpc) is 2.33. The van der Waals surface area contributed by atoms with Crippen LogP contribution in [0.5, 0.6) is 0 Å². The lowest BCUT2D eigenvalue weighted by Crippen LogP contribution is -2.15. The first-order valence-corrected chi connectivity index (χ1v) is 6.51. The van der Waals surface area contributed by atoms with Crippen molar-refractivity contribution in [2.75, 3.05) is 0 Å². The Bertz CT molecular complexity index is 479. The fourth-order valence-electron chi connectivity index (χ4n) is 1.57. The molecule has 0 saturated carbocycles. The maximum atomic E-state index is 6.11. The van der Waals surface area contributed by atoms with Crippen molar-refractivity contribution < 1.29 is 0 Å². The molecule has 0 aliphatic carbocycles. The second-order valence-corrected chi connectivity index (χ2v) is 5.27. The molecule has 4 heteroatoms. The second kappa shape index (κ2) is 5.55. The van der Waals surface area contributed by atoms with E-state index in [0.717, 1.165) is 17.8 Å². The normalized spacial score (nSPS) is 12.4. The first kappa shape index (κ1) is 12.4. The summed E-state index contributed by atoms with van der Waals surface area (Å²) < 4.78 is 1.23. The lowest BCUT2D eigenvalue weighted by Gasteiger charge is -2.10. The molecule has 2 aromatic rings. The molecule has 0 aliphatic heterocycles. The van der Waals surface area contributed by atoms with Gasteiger partial charge in [0.1, 0.15) is 0 Å². The smallest absolute Gasteiger partial charge is 0.0757 e. The highest BCUT2D eigenvalue weighted by molar-refractivity contribution is 14.1. The van der Waals surface area contributed by atoms with Crippen molar-refractivity contribution in [3.63, 3.8) is 0 Å². The van der Waals surface area contributed by atoms with Gasteiger partial charge in [-0.05, 0) is 53.6 Å². The minimum Gasteiger partial charge on any atom is -0.322 e. The van der Waals surface area contributed by atoms with Crippen LogP contribution >= 0.6 is 22.6 Å². The highest BCUT2D eigenvalue weighted by Crippen LogP contribution is 2.14. The number of nitrogens with two attached hydrogens (primary N) is 1. The van der Waals surface area contributed by atoms with E-state index in [4.69, 9.17) is 5.73 Å². The minimum absolute atomic E-state index is 0.0943. The van der Waals surface area contributed by atoms with Crippen LogP contribution < -0.4 is 5.73 Å². The summed E-state index contributed by atoms with van der Waals surface area (Å²) in [5.41, 5.74) is 9.09. The zero-order valence-corrected chi connectivity index (χ0v) is 11.8. The van der Waals surface area contributed by atoms with E-state index in [1.165, 1.54) is 9.13 Å². The van der Waals surface area contributed by atoms with Gasteiger partial charge < -0.3 is 5.73 Å². The first-order chi connectivity index (χ1) is 8.15. The van der Waals surface area contributed by atoms with Gasteiger partial charge in [0.25, 0.3) is 0 Å². The number of hydrogen-bond acceptors (Lipinski definition) is 3. The standard InChI is InChI=1S/C13H14IN3/c1-9-7-17-13(8-16-9)12(15)6-10-2-4-11(14)5-3-10/h2-5,7-8,12H,6,15H2,1H3. The molecular weight excluding hydrogens is 325 g/mol. The predicted octanol–water partition coefficient (Wildman–Crippen LogP) is 2.63. The number of aromatic nitrogens is 2. The van der Waals surface area contributed by atoms with E-state index in [2.05, 4.69) is 56.8 Å². The fraction of sp³-hybridized carbons (Fsp3) is 0.231. The molecule has 0 saturated heterocycles. The van der Waals surface area contributed by atoms with Gasteiger partial charge in [-0.15, -0.1) is 0 Å². The van der Waals surface area contributed by atoms with Crippen LogP contribution in [-0.4, -0.2) is 9.97 Å². The summed E-state index contributed by atoms with van der Waals surface area (Å²) in [4.78, 5) is 8.52. The number of benzene rings is 1. The summed E-state index contributed by atoms with van der Waals surface area (Å²) in [5.74, 6) is 0. The third kappa shape index (κ3) is 3.47. The van der Waals surface area contributed by atoms with Gasteiger partial charge in [-0.2, -0.15) is 0 Å². The molecule has 0 amide bonds. The Morgan fingerprint density at radius 1 is 1.18 bits per heavy atom. The van der Waals surface area contributed by atoms with Crippen molar-refractivity contribution >= 4 is 22.6 Å². The molecular formula is C13H14IN3. The highest BCUT2D eigenvalue weighted by atomic mass is 127. The molecule has 88 valence electrons. The minimum atomic E-state index is -0.0943. The summed E-state index contributed by atoms with van der Waals surface area (Å²) in [5, 5.41) is 0. The van der Waals surface area contributed by atoms with Gasteiger partial charge in [0.05, 0.1) is 23.6 Å². The highest BCUT2D eigenvalue weighted by Gasteiger charge is 2.08. The maximum Gasteiger partial charge on any atom is 0.0757 e. The molecule has 1 atom stereocenters. The summed E-state index contributed by atoms with van der Waals surface area (Å²) in [6.07, 6.45) is 4.30. The quantitative estimate of drug-likeness (QED) is 0.875. The molecule has 1 aromatic carbocycles. The molecule has 1 unspecified atom stereocenters. The van der Waals surface area contributed by atoms with Crippen LogP contribution in [0, 0.1) is 10.5 Å². The van der Waals surface area contributed by atoms with Crippen LogP contribution in [0.4, 0.5) is 0 Å². The van der Waals surface area contributed by atoms with E-state index in [1.54, 1.807) is 12.4 Å². The monoisotopic (exact) mass is 339 g/mol. The van der Waals surface area contributed by atoms with Gasteiger partial charge in [0, 0.05) is 9.77 Å². The molecule has 17 heavy (non-hydrogen) atoms. The van der Waals surface area contributed by atoms with Gasteiger partial charge in [-0.1, -0.05) is 12.1 Å². The van der Waals surface area contributed by atoms with Crippen molar-refractivity contribution in [3.05, 3.63) is 57.2 Å². The van der Waals surface area contributed by atoms with E-state index in [1.807, 2.05) is 6.92 Å². The van der Waals surface area contributed by atoms with Crippen LogP contribution in [-0.2, 0) is 6.42 Å². The van der Waals surface area contributed by atoms with Gasteiger partial charge in [-0.3, -0.25) is 9.97 Å². The van der Waals surface area contributed by atoms with E-state index in [-0.39, 0.29) is 6.04 Å². The topological polar surface area (TPSA) is 51.8 Å². The first-order valence-electron chi connectivity index (χ1n) is 5.44. The van der Waals surface area contributed by atoms with Crippen LogP contribution in [0.25, 0.3) is 0 Å². The predicted molar refractivity (Wildman–Crippen MR) is 76.6 cm³/mol. The van der Waals surface area contributed by atoms with Crippen molar-refractivity contribution in [3.8, 4) is 0 Å². The van der Waals surface area contributed by atoms with E-state index < -0.39 is 0 Å². The van der Waals surface area contributed by atoms with Gasteiger partial charge in [0.15, 0.2) is 0 Å². The third-order valence-electron chi connectivity index (χ3n) is 2.55. The van der Waals surface area contributed by atoms with Crippen LogP contribution in [0.2, 0.25) is 0 Å². The van der Waals surface area contributed by atoms with E-state index in [0.29, 0.717) is 0 Å². The van der Waals surface area contributed by atoms with Gasteiger partial charge in [-0.25, -0.2) is 0 Å². The zero-order chi connectivity index (χ0) is 12.3. The number of rotatable bonds is 3. The Labute approximate surface area is 115 Å². The van der Waals surface area contributed by atoms with Crippen molar-refractivity contribution in [2.45, 2.75) is 19.4 Å². The molecule has 3 nitrogen and oxygen atoms in total. The van der Waals surface area contributed by atoms with Crippen molar-refractivity contribution in [1.29, 1.82) is 0 Å². The molecule has 2 N–H and O–H groups in total. The Hall–Kier alpha value is -1.01. The largest absolute Gasteiger partial charge is 0.322 e. The van der Waals surface area contributed by atoms with E-state index in [9.17, 15) is 0 Å². The van der Waals surface area contributed by atoms with Crippen LogP contribution in [0.1, 0.15) is 23.0 Å². The lowest BCUT2D eigenvalue weighted by molar-refractivity contribution is 0.689. The Kier molecular flexibility index (Phi) is 4.06. The second-order valence-electron chi connectivity index (χ2n) is 4.02. The van der Waals surface area contributed by atoms with E-state index >= 15 is 0 Å². The summed E-state index contributed by atoms with van der Waals surface area (Å²) in [6, 6.07) is 8.28. The van der Waals surface area contributed by atoms with Crippen LogP contribution in [0.3, 0.4) is 0 Å². The maximum absolute atomic E-state index is 6.11. The van der Waals surface area contributed by atoms with Crippen LogP contribution in [0.15, 0.2) is 36.7 Å². The molecule has 0 bridgehead atoms. The Morgan fingerprint density at radius 3 is 2.47 bits per heavy atom. The molecule has 1 aromatic heterocycles. The Morgan fingerprint density at radius 2 is 1.88 bits per heavy atom. The molecule has 0 spiro atoms. The lowest BCUT2D eigenvalue weighted by atomic mass is 10.0.